The fourth-order valence-corrected chi connectivity index (χ4v) is 2.96. The average molecular weight is 375 g/mol. The summed E-state index contributed by atoms with van der Waals surface area (Å²) in [6.07, 6.45) is 5.42. The molecule has 1 aliphatic heterocycles. The molecule has 0 aliphatic carbocycles. The van der Waals surface area contributed by atoms with E-state index < -0.39 is 0 Å². The molecule has 3 rings (SSSR count). The molecular formula is C17H19BrN4O. The average Bonchev–Trinajstić information content (AvgIpc) is 2.58. The first-order valence-corrected chi connectivity index (χ1v) is 8.51. The lowest BCUT2D eigenvalue weighted by molar-refractivity contribution is -0.120. The number of carbonyl (C=O) groups is 1. The van der Waals surface area contributed by atoms with Gasteiger partial charge in [-0.25, -0.2) is 9.97 Å². The maximum Gasteiger partial charge on any atom is 0.230 e. The van der Waals surface area contributed by atoms with Crippen molar-refractivity contribution in [2.24, 2.45) is 5.92 Å². The van der Waals surface area contributed by atoms with Crippen LogP contribution in [-0.4, -0.2) is 29.0 Å². The van der Waals surface area contributed by atoms with Gasteiger partial charge in [-0.05, 0) is 59.5 Å². The molecule has 120 valence electrons. The summed E-state index contributed by atoms with van der Waals surface area (Å²) >= 11 is 3.39. The number of piperidine rings is 1. The molecule has 0 radical (unpaired) electrons. The summed E-state index contributed by atoms with van der Waals surface area (Å²) in [5.74, 6) is 1.51. The maximum atomic E-state index is 12.5. The normalized spacial score (nSPS) is 17.8. The standard InChI is InChI=1S/C17H19BrN4O/c1-12-4-6-15(19-9-12)21-17(23)13-3-2-8-22(11-13)16-7-5-14(18)10-20-16/h4-7,9-10,13H,2-3,8,11H2,1H3,(H,19,21,23). The smallest absolute Gasteiger partial charge is 0.230 e. The lowest BCUT2D eigenvalue weighted by atomic mass is 9.97. The van der Waals surface area contributed by atoms with Gasteiger partial charge in [0.25, 0.3) is 0 Å². The van der Waals surface area contributed by atoms with Crippen LogP contribution in [0.3, 0.4) is 0 Å². The molecule has 1 atom stereocenters. The number of amides is 1. The van der Waals surface area contributed by atoms with Crippen LogP contribution in [0.2, 0.25) is 0 Å². The first-order chi connectivity index (χ1) is 11.1. The molecule has 0 spiro atoms. The van der Waals surface area contributed by atoms with Crippen LogP contribution in [0.1, 0.15) is 18.4 Å². The molecule has 1 fully saturated rings. The highest BCUT2D eigenvalue weighted by Crippen LogP contribution is 2.23. The van der Waals surface area contributed by atoms with Gasteiger partial charge in [0.15, 0.2) is 0 Å². The van der Waals surface area contributed by atoms with E-state index in [0.717, 1.165) is 35.2 Å². The molecule has 1 saturated heterocycles. The lowest BCUT2D eigenvalue weighted by Gasteiger charge is -2.32. The molecule has 0 saturated carbocycles. The van der Waals surface area contributed by atoms with Gasteiger partial charge >= 0.3 is 0 Å². The number of carbonyl (C=O) groups excluding carboxylic acids is 1. The van der Waals surface area contributed by atoms with Gasteiger partial charge < -0.3 is 10.2 Å². The Balaban J connectivity index is 1.64. The third-order valence-electron chi connectivity index (χ3n) is 3.99. The Morgan fingerprint density at radius 3 is 2.83 bits per heavy atom. The Morgan fingerprint density at radius 1 is 1.26 bits per heavy atom. The molecular weight excluding hydrogens is 356 g/mol. The fourth-order valence-electron chi connectivity index (χ4n) is 2.72. The van der Waals surface area contributed by atoms with E-state index in [-0.39, 0.29) is 11.8 Å². The molecule has 3 heterocycles. The molecule has 0 aromatic carbocycles. The molecule has 1 amide bonds. The molecule has 2 aromatic heterocycles. The minimum atomic E-state index is -0.0442. The van der Waals surface area contributed by atoms with Crippen LogP contribution in [0.5, 0.6) is 0 Å². The Hall–Kier alpha value is -1.95. The van der Waals surface area contributed by atoms with Gasteiger partial charge in [0.05, 0.1) is 5.92 Å². The Morgan fingerprint density at radius 2 is 2.13 bits per heavy atom. The van der Waals surface area contributed by atoms with Gasteiger partial charge in [-0.15, -0.1) is 0 Å². The summed E-state index contributed by atoms with van der Waals surface area (Å²) in [5.41, 5.74) is 1.08. The lowest BCUT2D eigenvalue weighted by Crippen LogP contribution is -2.41. The maximum absolute atomic E-state index is 12.5. The predicted octanol–water partition coefficient (Wildman–Crippen LogP) is 3.40. The number of halogens is 1. The van der Waals surface area contributed by atoms with Gasteiger partial charge in [0, 0.05) is 30.0 Å². The summed E-state index contributed by atoms with van der Waals surface area (Å²) < 4.78 is 0.956. The molecule has 5 nitrogen and oxygen atoms in total. The molecule has 1 unspecified atom stereocenters. The van der Waals surface area contributed by atoms with Crippen molar-refractivity contribution in [3.8, 4) is 0 Å². The summed E-state index contributed by atoms with van der Waals surface area (Å²) in [6.45, 7) is 3.59. The topological polar surface area (TPSA) is 58.1 Å². The number of hydrogen-bond acceptors (Lipinski definition) is 4. The third-order valence-corrected chi connectivity index (χ3v) is 4.46. The van der Waals surface area contributed by atoms with E-state index in [1.54, 1.807) is 12.4 Å². The molecule has 23 heavy (non-hydrogen) atoms. The molecule has 0 bridgehead atoms. The van der Waals surface area contributed by atoms with Gasteiger partial charge in [-0.1, -0.05) is 6.07 Å². The van der Waals surface area contributed by atoms with E-state index >= 15 is 0 Å². The summed E-state index contributed by atoms with van der Waals surface area (Å²) in [7, 11) is 0. The quantitative estimate of drug-likeness (QED) is 0.894. The number of pyridine rings is 2. The highest BCUT2D eigenvalue weighted by atomic mass is 79.9. The van der Waals surface area contributed by atoms with Gasteiger partial charge in [-0.2, -0.15) is 0 Å². The largest absolute Gasteiger partial charge is 0.356 e. The van der Waals surface area contributed by atoms with Crippen molar-refractivity contribution in [1.29, 1.82) is 0 Å². The monoisotopic (exact) mass is 374 g/mol. The highest BCUT2D eigenvalue weighted by molar-refractivity contribution is 9.10. The van der Waals surface area contributed by atoms with Crippen molar-refractivity contribution < 1.29 is 4.79 Å². The van der Waals surface area contributed by atoms with Gasteiger partial charge in [0.1, 0.15) is 11.6 Å². The summed E-state index contributed by atoms with van der Waals surface area (Å²) in [6, 6.07) is 7.74. The van der Waals surface area contributed by atoms with Crippen LogP contribution >= 0.6 is 15.9 Å². The number of anilines is 2. The Kier molecular flexibility index (Phi) is 4.91. The van der Waals surface area contributed by atoms with Crippen LogP contribution in [0.4, 0.5) is 11.6 Å². The number of rotatable bonds is 3. The van der Waals surface area contributed by atoms with Crippen molar-refractivity contribution in [1.82, 2.24) is 9.97 Å². The van der Waals surface area contributed by atoms with Crippen molar-refractivity contribution >= 4 is 33.5 Å². The first-order valence-electron chi connectivity index (χ1n) is 7.72. The minimum Gasteiger partial charge on any atom is -0.356 e. The molecule has 6 heteroatoms. The minimum absolute atomic E-state index is 0.0307. The zero-order chi connectivity index (χ0) is 16.2. The number of nitrogens with zero attached hydrogens (tertiary/aromatic N) is 3. The van der Waals surface area contributed by atoms with Crippen LogP contribution < -0.4 is 10.2 Å². The van der Waals surface area contributed by atoms with Crippen LogP contribution in [-0.2, 0) is 4.79 Å². The molecule has 1 aliphatic rings. The Labute approximate surface area is 144 Å². The highest BCUT2D eigenvalue weighted by Gasteiger charge is 2.26. The Bertz CT molecular complexity index is 672. The number of nitrogens with one attached hydrogen (secondary N) is 1. The molecule has 2 aromatic rings. The zero-order valence-corrected chi connectivity index (χ0v) is 14.6. The van der Waals surface area contributed by atoms with E-state index in [1.807, 2.05) is 31.2 Å². The van der Waals surface area contributed by atoms with E-state index in [1.165, 1.54) is 0 Å². The fraction of sp³-hybridized carbons (Fsp3) is 0.353. The van der Waals surface area contributed by atoms with Crippen molar-refractivity contribution in [3.63, 3.8) is 0 Å². The zero-order valence-electron chi connectivity index (χ0n) is 13.0. The van der Waals surface area contributed by atoms with E-state index in [2.05, 4.69) is 36.1 Å². The second kappa shape index (κ2) is 7.08. The second-order valence-corrected chi connectivity index (χ2v) is 6.75. The number of aromatic nitrogens is 2. The summed E-state index contributed by atoms with van der Waals surface area (Å²) in [5, 5.41) is 2.92. The first kappa shape index (κ1) is 15.9. The van der Waals surface area contributed by atoms with Crippen LogP contribution in [0, 0.1) is 12.8 Å². The van der Waals surface area contributed by atoms with E-state index in [0.29, 0.717) is 12.4 Å². The van der Waals surface area contributed by atoms with Gasteiger partial charge in [-0.3, -0.25) is 4.79 Å². The third kappa shape index (κ3) is 4.07. The molecule has 1 N–H and O–H groups in total. The van der Waals surface area contributed by atoms with Crippen molar-refractivity contribution in [3.05, 3.63) is 46.7 Å². The van der Waals surface area contributed by atoms with E-state index in [9.17, 15) is 4.79 Å². The van der Waals surface area contributed by atoms with Crippen LogP contribution in [0.25, 0.3) is 0 Å². The number of aryl methyl sites for hydroxylation is 1. The van der Waals surface area contributed by atoms with Crippen molar-refractivity contribution in [2.75, 3.05) is 23.3 Å². The van der Waals surface area contributed by atoms with Crippen LogP contribution in [0.15, 0.2) is 41.1 Å². The summed E-state index contributed by atoms with van der Waals surface area (Å²) in [4.78, 5) is 23.3. The number of hydrogen-bond donors (Lipinski definition) is 1. The SMILES string of the molecule is Cc1ccc(NC(=O)C2CCCN(c3ccc(Br)cn3)C2)nc1. The van der Waals surface area contributed by atoms with E-state index in [4.69, 9.17) is 0 Å². The van der Waals surface area contributed by atoms with Gasteiger partial charge in [0.2, 0.25) is 5.91 Å². The van der Waals surface area contributed by atoms with Crippen molar-refractivity contribution in [2.45, 2.75) is 19.8 Å². The second-order valence-electron chi connectivity index (χ2n) is 5.83. The predicted molar refractivity (Wildman–Crippen MR) is 94.5 cm³/mol.